The fourth-order valence-corrected chi connectivity index (χ4v) is 2.91. The van der Waals surface area contributed by atoms with Crippen LogP contribution in [0, 0.1) is 5.82 Å². The minimum atomic E-state index is -0.246. The Morgan fingerprint density at radius 1 is 1.32 bits per heavy atom. The van der Waals surface area contributed by atoms with Crippen molar-refractivity contribution in [3.05, 3.63) is 51.7 Å². The molecule has 0 spiro atoms. The van der Waals surface area contributed by atoms with Crippen molar-refractivity contribution in [3.63, 3.8) is 0 Å². The fraction of sp³-hybridized carbons (Fsp3) is 0.375. The number of halogens is 1. The van der Waals surface area contributed by atoms with Crippen molar-refractivity contribution in [3.8, 4) is 0 Å². The molecule has 4 nitrogen and oxygen atoms in total. The second-order valence-electron chi connectivity index (χ2n) is 5.37. The lowest BCUT2D eigenvalue weighted by Gasteiger charge is -2.05. The Morgan fingerprint density at radius 3 is 2.73 bits per heavy atom. The van der Waals surface area contributed by atoms with Gasteiger partial charge < -0.3 is 10.2 Å². The first-order valence-electron chi connectivity index (χ1n) is 7.12. The molecule has 2 aromatic rings. The van der Waals surface area contributed by atoms with E-state index in [2.05, 4.69) is 10.3 Å². The summed E-state index contributed by atoms with van der Waals surface area (Å²) in [7, 11) is 3.98. The number of aromatic nitrogens is 1. The van der Waals surface area contributed by atoms with Gasteiger partial charge in [-0.15, -0.1) is 11.3 Å². The number of nitrogens with zero attached hydrogens (tertiary/aromatic N) is 2. The second-order valence-corrected chi connectivity index (χ2v) is 6.32. The third-order valence-electron chi connectivity index (χ3n) is 3.04. The minimum absolute atomic E-state index is 0.0381. The lowest BCUT2D eigenvalue weighted by atomic mass is 10.1. The highest BCUT2D eigenvalue weighted by atomic mass is 32.1. The molecule has 0 aliphatic heterocycles. The van der Waals surface area contributed by atoms with Crippen molar-refractivity contribution in [2.75, 3.05) is 20.6 Å². The third kappa shape index (κ3) is 5.54. The van der Waals surface area contributed by atoms with Gasteiger partial charge in [0, 0.05) is 18.5 Å². The summed E-state index contributed by atoms with van der Waals surface area (Å²) in [4.78, 5) is 18.4. The summed E-state index contributed by atoms with van der Waals surface area (Å²) in [5.74, 6) is -0.284. The molecule has 0 saturated carbocycles. The van der Waals surface area contributed by atoms with Gasteiger partial charge in [0.15, 0.2) is 0 Å². The molecule has 0 fully saturated rings. The molecule has 118 valence electrons. The normalized spacial score (nSPS) is 10.9. The van der Waals surface area contributed by atoms with Gasteiger partial charge in [-0.2, -0.15) is 0 Å². The number of benzene rings is 1. The number of carbonyl (C=O) groups is 1. The van der Waals surface area contributed by atoms with Crippen LogP contribution in [0.15, 0.2) is 29.6 Å². The van der Waals surface area contributed by atoms with Gasteiger partial charge in [0.25, 0.3) is 0 Å². The molecule has 1 aromatic carbocycles. The molecule has 22 heavy (non-hydrogen) atoms. The summed E-state index contributed by atoms with van der Waals surface area (Å²) in [5.41, 5.74) is 1.81. The van der Waals surface area contributed by atoms with Crippen LogP contribution in [0.5, 0.6) is 0 Å². The number of thiazole rings is 1. The molecule has 1 amide bonds. The minimum Gasteiger partial charge on any atom is -0.355 e. The number of amides is 1. The Labute approximate surface area is 134 Å². The Hall–Kier alpha value is -1.79. The van der Waals surface area contributed by atoms with Crippen molar-refractivity contribution in [2.24, 2.45) is 0 Å². The molecule has 0 unspecified atom stereocenters. The average Bonchev–Trinajstić information content (AvgIpc) is 2.87. The fourth-order valence-electron chi connectivity index (χ4n) is 2.00. The summed E-state index contributed by atoms with van der Waals surface area (Å²) in [6.45, 7) is 1.33. The van der Waals surface area contributed by atoms with Gasteiger partial charge in [-0.1, -0.05) is 12.1 Å². The van der Waals surface area contributed by atoms with E-state index in [-0.39, 0.29) is 11.7 Å². The van der Waals surface area contributed by atoms with E-state index in [1.165, 1.54) is 12.1 Å². The summed E-state index contributed by atoms with van der Waals surface area (Å²) in [6, 6.07) is 6.32. The van der Waals surface area contributed by atoms with Gasteiger partial charge in [0.1, 0.15) is 10.8 Å². The van der Waals surface area contributed by atoms with Crippen LogP contribution in [0.25, 0.3) is 0 Å². The zero-order valence-electron chi connectivity index (χ0n) is 12.8. The first-order valence-corrected chi connectivity index (χ1v) is 8.00. The molecular formula is C16H20FN3OS. The summed E-state index contributed by atoms with van der Waals surface area (Å²) < 4.78 is 12.8. The number of hydrogen-bond acceptors (Lipinski definition) is 4. The van der Waals surface area contributed by atoms with Crippen molar-refractivity contribution < 1.29 is 9.18 Å². The summed E-state index contributed by atoms with van der Waals surface area (Å²) in [5, 5.41) is 5.81. The van der Waals surface area contributed by atoms with E-state index in [0.29, 0.717) is 19.4 Å². The molecule has 0 atom stereocenters. The smallest absolute Gasteiger partial charge is 0.226 e. The van der Waals surface area contributed by atoms with Gasteiger partial charge in [-0.25, -0.2) is 9.37 Å². The molecule has 1 N–H and O–H groups in total. The Bertz CT molecular complexity index is 610. The van der Waals surface area contributed by atoms with Crippen LogP contribution in [0.4, 0.5) is 4.39 Å². The van der Waals surface area contributed by atoms with Crippen molar-refractivity contribution in [1.82, 2.24) is 15.2 Å². The molecule has 1 heterocycles. The van der Waals surface area contributed by atoms with E-state index < -0.39 is 0 Å². The van der Waals surface area contributed by atoms with Crippen LogP contribution in [-0.2, 0) is 24.2 Å². The molecule has 2 rings (SSSR count). The molecule has 1 aromatic heterocycles. The quantitative estimate of drug-likeness (QED) is 0.851. The molecular weight excluding hydrogens is 301 g/mol. The first kappa shape index (κ1) is 16.6. The number of hydrogen-bond donors (Lipinski definition) is 1. The van der Waals surface area contributed by atoms with Gasteiger partial charge in [-0.05, 0) is 38.2 Å². The van der Waals surface area contributed by atoms with E-state index >= 15 is 0 Å². The third-order valence-corrected chi connectivity index (χ3v) is 3.92. The van der Waals surface area contributed by atoms with Crippen LogP contribution in [0.2, 0.25) is 0 Å². The highest BCUT2D eigenvalue weighted by Crippen LogP contribution is 2.11. The number of nitrogens with one attached hydrogen (secondary N) is 1. The monoisotopic (exact) mass is 321 g/mol. The van der Waals surface area contributed by atoms with Gasteiger partial charge >= 0.3 is 0 Å². The maximum Gasteiger partial charge on any atom is 0.226 e. The second kappa shape index (κ2) is 8.00. The molecule has 0 saturated heterocycles. The Balaban J connectivity index is 1.73. The first-order chi connectivity index (χ1) is 10.5. The topological polar surface area (TPSA) is 45.2 Å². The number of carbonyl (C=O) groups excluding carboxylic acids is 1. The zero-order valence-corrected chi connectivity index (χ0v) is 13.6. The Morgan fingerprint density at radius 2 is 2.05 bits per heavy atom. The van der Waals surface area contributed by atoms with Crippen LogP contribution >= 0.6 is 11.3 Å². The molecule has 0 bridgehead atoms. The highest BCUT2D eigenvalue weighted by Gasteiger charge is 2.08. The van der Waals surface area contributed by atoms with Gasteiger partial charge in [0.2, 0.25) is 5.91 Å². The molecule has 0 aliphatic carbocycles. The largest absolute Gasteiger partial charge is 0.355 e. The summed E-state index contributed by atoms with van der Waals surface area (Å²) >= 11 is 1.57. The van der Waals surface area contributed by atoms with Crippen molar-refractivity contribution in [2.45, 2.75) is 19.4 Å². The highest BCUT2D eigenvalue weighted by molar-refractivity contribution is 7.09. The standard InChI is InChI=1S/C16H20FN3OS/c1-20(2)10-16-19-14(11-22-16)9-15(21)18-8-7-12-3-5-13(17)6-4-12/h3-6,11H,7-10H2,1-2H3,(H,18,21). The molecule has 6 heteroatoms. The molecule has 0 aliphatic rings. The zero-order chi connectivity index (χ0) is 15.9. The van der Waals surface area contributed by atoms with E-state index in [4.69, 9.17) is 0 Å². The van der Waals surface area contributed by atoms with Crippen LogP contribution < -0.4 is 5.32 Å². The van der Waals surface area contributed by atoms with Crippen molar-refractivity contribution >= 4 is 17.2 Å². The van der Waals surface area contributed by atoms with Gasteiger partial charge in [0.05, 0.1) is 12.1 Å². The van der Waals surface area contributed by atoms with E-state index in [0.717, 1.165) is 22.8 Å². The van der Waals surface area contributed by atoms with Crippen LogP contribution in [-0.4, -0.2) is 36.4 Å². The average molecular weight is 321 g/mol. The van der Waals surface area contributed by atoms with Crippen molar-refractivity contribution in [1.29, 1.82) is 0 Å². The van der Waals surface area contributed by atoms with Crippen LogP contribution in [0.1, 0.15) is 16.3 Å². The maximum absolute atomic E-state index is 12.8. The van der Waals surface area contributed by atoms with Crippen LogP contribution in [0.3, 0.4) is 0 Å². The Kier molecular flexibility index (Phi) is 6.03. The lowest BCUT2D eigenvalue weighted by Crippen LogP contribution is -2.27. The SMILES string of the molecule is CN(C)Cc1nc(CC(=O)NCCc2ccc(F)cc2)cs1. The lowest BCUT2D eigenvalue weighted by molar-refractivity contribution is -0.120. The van der Waals surface area contributed by atoms with E-state index in [9.17, 15) is 9.18 Å². The summed E-state index contributed by atoms with van der Waals surface area (Å²) in [6.07, 6.45) is 0.988. The molecule has 0 radical (unpaired) electrons. The van der Waals surface area contributed by atoms with E-state index in [1.807, 2.05) is 24.4 Å². The predicted octanol–water partition coefficient (Wildman–Crippen LogP) is 2.25. The maximum atomic E-state index is 12.8. The predicted molar refractivity (Wildman–Crippen MR) is 86.3 cm³/mol. The van der Waals surface area contributed by atoms with Gasteiger partial charge in [-0.3, -0.25) is 4.79 Å². The number of rotatable bonds is 7. The van der Waals surface area contributed by atoms with E-state index in [1.54, 1.807) is 23.5 Å².